The topological polar surface area (TPSA) is 127 Å². The number of aromatic amines is 1. The molecule has 0 aliphatic carbocycles. The molecule has 3 aromatic carbocycles. The van der Waals surface area contributed by atoms with Crippen LogP contribution in [0.4, 0.5) is 11.4 Å². The zero-order valence-corrected chi connectivity index (χ0v) is 20.0. The molecule has 2 heterocycles. The summed E-state index contributed by atoms with van der Waals surface area (Å²) in [5, 5.41) is 30.6. The Morgan fingerprint density at radius 1 is 1.08 bits per heavy atom. The van der Waals surface area contributed by atoms with Crippen LogP contribution >= 0.6 is 0 Å². The Labute approximate surface area is 213 Å². The summed E-state index contributed by atoms with van der Waals surface area (Å²) < 4.78 is 1.71. The number of rotatable bonds is 7. The summed E-state index contributed by atoms with van der Waals surface area (Å²) in [6.45, 7) is 0.184. The number of anilines is 1. The number of hydrogen-bond donors (Lipinski definition) is 4. The van der Waals surface area contributed by atoms with Gasteiger partial charge in [0.05, 0.1) is 23.3 Å². The first kappa shape index (κ1) is 24.0. The molecule has 1 amide bonds. The molecule has 0 aliphatic heterocycles. The van der Waals surface area contributed by atoms with Crippen LogP contribution in [0.1, 0.15) is 11.1 Å². The summed E-state index contributed by atoms with van der Waals surface area (Å²) in [5.41, 5.74) is 4.04. The van der Waals surface area contributed by atoms with Gasteiger partial charge in [-0.2, -0.15) is 0 Å². The minimum absolute atomic E-state index is 0.0800. The number of fused-ring (bicyclic) bond motifs is 1. The van der Waals surface area contributed by atoms with Gasteiger partial charge in [0.1, 0.15) is 6.54 Å². The molecule has 0 bridgehead atoms. The number of amides is 1. The van der Waals surface area contributed by atoms with Crippen LogP contribution in [0.3, 0.4) is 0 Å². The molecule has 0 saturated heterocycles. The third-order valence-corrected chi connectivity index (χ3v) is 6.11. The molecular formula is C27H24BN5O4. The second-order valence-electron chi connectivity index (χ2n) is 8.56. The van der Waals surface area contributed by atoms with E-state index in [1.165, 1.54) is 0 Å². The fourth-order valence-corrected chi connectivity index (χ4v) is 4.13. The highest BCUT2D eigenvalue weighted by molar-refractivity contribution is 6.59. The van der Waals surface area contributed by atoms with Crippen molar-refractivity contribution in [3.63, 3.8) is 0 Å². The van der Waals surface area contributed by atoms with E-state index in [0.717, 1.165) is 11.3 Å². The predicted molar refractivity (Wildman–Crippen MR) is 144 cm³/mol. The van der Waals surface area contributed by atoms with Crippen molar-refractivity contribution in [2.24, 2.45) is 4.99 Å². The number of imidazole rings is 1. The Morgan fingerprint density at radius 3 is 2.51 bits per heavy atom. The van der Waals surface area contributed by atoms with Crippen LogP contribution in [0.25, 0.3) is 10.9 Å². The molecule has 10 heteroatoms. The number of nitrogens with one attached hydrogen (secondary N) is 1. The molecule has 37 heavy (non-hydrogen) atoms. The Hall–Kier alpha value is -4.67. The maximum absolute atomic E-state index is 12.6. The normalized spacial score (nSPS) is 11.6. The van der Waals surface area contributed by atoms with Crippen LogP contribution in [-0.4, -0.2) is 55.5 Å². The van der Waals surface area contributed by atoms with Crippen molar-refractivity contribution in [3.8, 4) is 5.88 Å². The number of carbonyl (C=O) groups is 1. The van der Waals surface area contributed by atoms with Crippen molar-refractivity contribution < 1.29 is 19.9 Å². The van der Waals surface area contributed by atoms with Crippen molar-refractivity contribution in [1.82, 2.24) is 14.5 Å². The number of H-pyrrole nitrogens is 1. The molecule has 0 atom stereocenters. The van der Waals surface area contributed by atoms with Gasteiger partial charge in [0.2, 0.25) is 5.91 Å². The predicted octanol–water partition coefficient (Wildman–Crippen LogP) is 2.58. The number of benzene rings is 3. The maximum atomic E-state index is 12.6. The smallest absolute Gasteiger partial charge is 0.488 e. The van der Waals surface area contributed by atoms with Gasteiger partial charge in [-0.15, -0.1) is 0 Å². The van der Waals surface area contributed by atoms with E-state index in [-0.39, 0.29) is 18.3 Å². The summed E-state index contributed by atoms with van der Waals surface area (Å²) in [4.78, 5) is 26.0. The average molecular weight is 493 g/mol. The third-order valence-electron chi connectivity index (χ3n) is 6.11. The van der Waals surface area contributed by atoms with E-state index in [0.29, 0.717) is 33.3 Å². The fourth-order valence-electron chi connectivity index (χ4n) is 4.13. The third kappa shape index (κ3) is 5.01. The van der Waals surface area contributed by atoms with Crippen LogP contribution in [-0.2, 0) is 11.3 Å². The largest absolute Gasteiger partial charge is 0.494 e. The van der Waals surface area contributed by atoms with Gasteiger partial charge in [-0.05, 0) is 35.8 Å². The number of nitrogens with zero attached hydrogens (tertiary/aromatic N) is 4. The summed E-state index contributed by atoms with van der Waals surface area (Å²) >= 11 is 0. The summed E-state index contributed by atoms with van der Waals surface area (Å²) in [7, 11) is 0.0955. The lowest BCUT2D eigenvalue weighted by atomic mass is 9.80. The van der Waals surface area contributed by atoms with E-state index < -0.39 is 7.12 Å². The maximum Gasteiger partial charge on any atom is 0.488 e. The van der Waals surface area contributed by atoms with Crippen LogP contribution in [0.5, 0.6) is 5.88 Å². The molecule has 0 spiro atoms. The number of aromatic nitrogens is 3. The van der Waals surface area contributed by atoms with Crippen molar-refractivity contribution in [2.45, 2.75) is 6.54 Å². The summed E-state index contributed by atoms with van der Waals surface area (Å²) in [6.07, 6.45) is 4.97. The molecule has 5 rings (SSSR count). The van der Waals surface area contributed by atoms with Gasteiger partial charge in [0.25, 0.3) is 0 Å². The van der Waals surface area contributed by atoms with Crippen LogP contribution in [0, 0.1) is 0 Å². The highest BCUT2D eigenvalue weighted by Gasteiger charge is 2.21. The molecule has 2 aromatic heterocycles. The van der Waals surface area contributed by atoms with Gasteiger partial charge in [0.15, 0.2) is 5.88 Å². The molecule has 5 aromatic rings. The lowest BCUT2D eigenvalue weighted by Gasteiger charge is -2.17. The molecular weight excluding hydrogens is 469 g/mol. The van der Waals surface area contributed by atoms with E-state index in [2.05, 4.69) is 9.97 Å². The van der Waals surface area contributed by atoms with Gasteiger partial charge in [-0.1, -0.05) is 42.5 Å². The molecule has 184 valence electrons. The fraction of sp³-hybridized carbons (Fsp3) is 0.0741. The summed E-state index contributed by atoms with van der Waals surface area (Å²) in [5.74, 6) is -0.168. The molecule has 0 aliphatic rings. The van der Waals surface area contributed by atoms with Crippen LogP contribution in [0.15, 0.2) is 96.5 Å². The molecule has 4 N–H and O–H groups in total. The van der Waals surface area contributed by atoms with Crippen molar-refractivity contribution in [2.75, 3.05) is 11.9 Å². The Bertz CT molecular complexity index is 1560. The van der Waals surface area contributed by atoms with Gasteiger partial charge < -0.3 is 29.6 Å². The Kier molecular flexibility index (Phi) is 6.59. The van der Waals surface area contributed by atoms with Crippen molar-refractivity contribution in [3.05, 3.63) is 103 Å². The van der Waals surface area contributed by atoms with Crippen LogP contribution < -0.4 is 10.4 Å². The van der Waals surface area contributed by atoms with Crippen molar-refractivity contribution >= 4 is 46.5 Å². The highest BCUT2D eigenvalue weighted by Crippen LogP contribution is 2.31. The summed E-state index contributed by atoms with van der Waals surface area (Å²) in [6, 6.07) is 21.6. The zero-order chi connectivity index (χ0) is 25.9. The molecule has 0 unspecified atom stereocenters. The molecule has 0 fully saturated rings. The highest BCUT2D eigenvalue weighted by atomic mass is 16.4. The van der Waals surface area contributed by atoms with E-state index in [1.807, 2.05) is 54.6 Å². The molecule has 0 radical (unpaired) electrons. The average Bonchev–Trinajstić information content (AvgIpc) is 3.54. The minimum Gasteiger partial charge on any atom is -0.494 e. The van der Waals surface area contributed by atoms with Gasteiger partial charge in [0, 0.05) is 41.6 Å². The number of likely N-dealkylation sites (N-methyl/N-ethyl adjacent to an activating group) is 1. The van der Waals surface area contributed by atoms with E-state index in [4.69, 9.17) is 4.99 Å². The molecule has 9 nitrogen and oxygen atoms in total. The number of hydrogen-bond acceptors (Lipinski definition) is 6. The van der Waals surface area contributed by atoms with Gasteiger partial charge >= 0.3 is 7.12 Å². The number of aliphatic imine (C=N–C) groups is 1. The second-order valence-corrected chi connectivity index (χ2v) is 8.56. The standard InChI is InChI=1S/C27H24BN5O4/c1-32(24(34)16-33-14-13-29-17-33)21-10-8-20(9-11-21)30-26(18-5-3-2-4-6-18)25-22-12-7-19(28(36)37)15-23(22)31-27(25)35/h2-15,17,31,35-37H,16H2,1H3. The Morgan fingerprint density at radius 2 is 1.84 bits per heavy atom. The van der Waals surface area contributed by atoms with Crippen LogP contribution in [0.2, 0.25) is 0 Å². The monoisotopic (exact) mass is 493 g/mol. The van der Waals surface area contributed by atoms with E-state index >= 15 is 0 Å². The first-order chi connectivity index (χ1) is 17.9. The first-order valence-corrected chi connectivity index (χ1v) is 11.6. The minimum atomic E-state index is -1.62. The van der Waals surface area contributed by atoms with Gasteiger partial charge in [-0.25, -0.2) is 9.98 Å². The zero-order valence-electron chi connectivity index (χ0n) is 20.0. The lowest BCUT2D eigenvalue weighted by molar-refractivity contribution is -0.118. The quantitative estimate of drug-likeness (QED) is 0.205. The molecule has 0 saturated carbocycles. The second kappa shape index (κ2) is 10.1. The SMILES string of the molecule is CN(C(=O)Cn1ccnc1)c1ccc(N=C(c2ccccc2)c2c(O)[nH]c3cc(B(O)O)ccc23)cc1. The lowest BCUT2D eigenvalue weighted by Crippen LogP contribution is -2.29. The van der Waals surface area contributed by atoms with E-state index in [1.54, 1.807) is 53.4 Å². The Balaban J connectivity index is 1.51. The number of carbonyl (C=O) groups excluding carboxylic acids is 1. The van der Waals surface area contributed by atoms with E-state index in [9.17, 15) is 19.9 Å². The van der Waals surface area contributed by atoms with Gasteiger partial charge in [-0.3, -0.25) is 4.79 Å². The van der Waals surface area contributed by atoms with Crippen molar-refractivity contribution in [1.29, 1.82) is 0 Å². The first-order valence-electron chi connectivity index (χ1n) is 11.6. The number of aromatic hydroxyl groups is 1.